The topological polar surface area (TPSA) is 51.8 Å². The number of benzene rings is 2. The van der Waals surface area contributed by atoms with E-state index in [-0.39, 0.29) is 6.04 Å². The maximum absolute atomic E-state index is 6.44. The van der Waals surface area contributed by atoms with Crippen LogP contribution in [0.3, 0.4) is 0 Å². The second kappa shape index (κ2) is 5.62. The number of nitrogens with two attached hydrogens (primary N) is 1. The molecule has 2 aromatic carbocycles. The highest BCUT2D eigenvalue weighted by atomic mass is 14.8. The van der Waals surface area contributed by atoms with E-state index in [4.69, 9.17) is 5.73 Å². The summed E-state index contributed by atoms with van der Waals surface area (Å²) in [6, 6.07) is 12.4. The third-order valence-corrected chi connectivity index (χ3v) is 3.87. The summed E-state index contributed by atoms with van der Waals surface area (Å²) in [6.07, 6.45) is 4.24. The van der Waals surface area contributed by atoms with Gasteiger partial charge in [0.25, 0.3) is 0 Å². The van der Waals surface area contributed by atoms with Crippen LogP contribution in [0.25, 0.3) is 11.0 Å². The molecule has 1 aromatic heterocycles. The van der Waals surface area contributed by atoms with Crippen molar-refractivity contribution < 1.29 is 0 Å². The Kier molecular flexibility index (Phi) is 3.67. The van der Waals surface area contributed by atoms with Gasteiger partial charge >= 0.3 is 0 Å². The Bertz CT molecular complexity index is 775. The Labute approximate surface area is 124 Å². The lowest BCUT2D eigenvalue weighted by Crippen LogP contribution is -2.15. The zero-order valence-electron chi connectivity index (χ0n) is 12.4. The Morgan fingerprint density at radius 3 is 2.71 bits per heavy atom. The van der Waals surface area contributed by atoms with Crippen molar-refractivity contribution in [1.82, 2.24) is 9.97 Å². The fourth-order valence-electron chi connectivity index (χ4n) is 2.68. The lowest BCUT2D eigenvalue weighted by Gasteiger charge is -2.16. The fourth-order valence-corrected chi connectivity index (χ4v) is 2.68. The van der Waals surface area contributed by atoms with Gasteiger partial charge in [-0.2, -0.15) is 0 Å². The minimum Gasteiger partial charge on any atom is -0.324 e. The largest absolute Gasteiger partial charge is 0.324 e. The summed E-state index contributed by atoms with van der Waals surface area (Å²) in [5, 5.41) is 0. The summed E-state index contributed by atoms with van der Waals surface area (Å²) >= 11 is 0. The van der Waals surface area contributed by atoms with Crippen LogP contribution < -0.4 is 5.73 Å². The average molecular weight is 277 g/mol. The molecule has 3 aromatic rings. The summed E-state index contributed by atoms with van der Waals surface area (Å²) in [6.45, 7) is 4.24. The van der Waals surface area contributed by atoms with E-state index >= 15 is 0 Å². The zero-order chi connectivity index (χ0) is 14.8. The molecule has 1 atom stereocenters. The van der Waals surface area contributed by atoms with E-state index < -0.39 is 0 Å². The van der Waals surface area contributed by atoms with Gasteiger partial charge in [0, 0.05) is 18.4 Å². The van der Waals surface area contributed by atoms with E-state index in [1.807, 2.05) is 18.2 Å². The first-order valence-electron chi connectivity index (χ1n) is 7.16. The predicted octanol–water partition coefficient (Wildman–Crippen LogP) is 3.49. The van der Waals surface area contributed by atoms with Crippen LogP contribution in [0, 0.1) is 13.8 Å². The standard InChI is InChI=1S/C18H19N3/c1-12-6-7-13(2)14(10-12)11-16(19)15-4-3-5-17-18(15)21-9-8-20-17/h3-10,16H,11,19H2,1-2H3. The maximum atomic E-state index is 6.44. The van der Waals surface area contributed by atoms with E-state index in [9.17, 15) is 0 Å². The maximum Gasteiger partial charge on any atom is 0.0934 e. The first-order valence-corrected chi connectivity index (χ1v) is 7.16. The highest BCUT2D eigenvalue weighted by Gasteiger charge is 2.13. The fraction of sp³-hybridized carbons (Fsp3) is 0.222. The van der Waals surface area contributed by atoms with E-state index in [1.54, 1.807) is 12.4 Å². The number of aryl methyl sites for hydroxylation is 2. The van der Waals surface area contributed by atoms with Crippen LogP contribution in [0.4, 0.5) is 0 Å². The third-order valence-electron chi connectivity index (χ3n) is 3.87. The number of hydrogen-bond donors (Lipinski definition) is 1. The smallest absolute Gasteiger partial charge is 0.0934 e. The molecule has 0 aliphatic heterocycles. The van der Waals surface area contributed by atoms with Crippen molar-refractivity contribution in [2.45, 2.75) is 26.3 Å². The van der Waals surface area contributed by atoms with Gasteiger partial charge in [0.1, 0.15) is 0 Å². The molecule has 3 heteroatoms. The average Bonchev–Trinajstić information content (AvgIpc) is 2.50. The highest BCUT2D eigenvalue weighted by Crippen LogP contribution is 2.24. The molecule has 3 nitrogen and oxygen atoms in total. The normalized spacial score (nSPS) is 12.5. The Hall–Kier alpha value is -2.26. The molecule has 3 rings (SSSR count). The number of fused-ring (bicyclic) bond motifs is 1. The third kappa shape index (κ3) is 2.78. The van der Waals surface area contributed by atoms with Crippen LogP contribution in [-0.4, -0.2) is 9.97 Å². The van der Waals surface area contributed by atoms with Crippen molar-refractivity contribution in [2.24, 2.45) is 5.73 Å². The molecule has 1 heterocycles. The summed E-state index contributed by atoms with van der Waals surface area (Å²) in [5.74, 6) is 0. The van der Waals surface area contributed by atoms with Crippen molar-refractivity contribution in [3.63, 3.8) is 0 Å². The van der Waals surface area contributed by atoms with Gasteiger partial charge in [0.2, 0.25) is 0 Å². The lowest BCUT2D eigenvalue weighted by molar-refractivity contribution is 0.722. The number of nitrogens with zero attached hydrogens (tertiary/aromatic N) is 2. The van der Waals surface area contributed by atoms with Crippen molar-refractivity contribution >= 4 is 11.0 Å². The van der Waals surface area contributed by atoms with Gasteiger partial charge in [-0.25, -0.2) is 0 Å². The van der Waals surface area contributed by atoms with E-state index in [0.717, 1.165) is 23.0 Å². The Morgan fingerprint density at radius 2 is 1.86 bits per heavy atom. The minimum atomic E-state index is -0.0779. The van der Waals surface area contributed by atoms with E-state index in [1.165, 1.54) is 16.7 Å². The number of aromatic nitrogens is 2. The van der Waals surface area contributed by atoms with Gasteiger partial charge < -0.3 is 5.73 Å². The second-order valence-corrected chi connectivity index (χ2v) is 5.51. The van der Waals surface area contributed by atoms with Gasteiger partial charge in [0.15, 0.2) is 0 Å². The Morgan fingerprint density at radius 1 is 1.05 bits per heavy atom. The number of hydrogen-bond acceptors (Lipinski definition) is 3. The molecule has 0 bridgehead atoms. The summed E-state index contributed by atoms with van der Waals surface area (Å²) in [5.41, 5.74) is 13.1. The van der Waals surface area contributed by atoms with Crippen molar-refractivity contribution in [2.75, 3.05) is 0 Å². The lowest BCUT2D eigenvalue weighted by atomic mass is 9.94. The SMILES string of the molecule is Cc1ccc(C)c(CC(N)c2cccc3nccnc23)c1. The summed E-state index contributed by atoms with van der Waals surface area (Å²) < 4.78 is 0. The second-order valence-electron chi connectivity index (χ2n) is 5.51. The van der Waals surface area contributed by atoms with Crippen LogP contribution >= 0.6 is 0 Å². The van der Waals surface area contributed by atoms with Gasteiger partial charge in [-0.05, 0) is 43.0 Å². The van der Waals surface area contributed by atoms with Gasteiger partial charge in [-0.15, -0.1) is 0 Å². The van der Waals surface area contributed by atoms with Crippen LogP contribution in [0.5, 0.6) is 0 Å². The molecule has 0 aliphatic carbocycles. The van der Waals surface area contributed by atoms with Gasteiger partial charge in [-0.3, -0.25) is 9.97 Å². The minimum absolute atomic E-state index is 0.0779. The molecular formula is C18H19N3. The van der Waals surface area contributed by atoms with E-state index in [0.29, 0.717) is 0 Å². The molecule has 0 radical (unpaired) electrons. The molecule has 0 spiro atoms. The molecule has 0 saturated heterocycles. The molecule has 1 unspecified atom stereocenters. The first kappa shape index (κ1) is 13.7. The van der Waals surface area contributed by atoms with Gasteiger partial charge in [0.05, 0.1) is 11.0 Å². The first-order chi connectivity index (χ1) is 10.1. The molecule has 2 N–H and O–H groups in total. The number of para-hydroxylation sites is 1. The van der Waals surface area contributed by atoms with Crippen molar-refractivity contribution in [3.8, 4) is 0 Å². The quantitative estimate of drug-likeness (QED) is 0.797. The van der Waals surface area contributed by atoms with Crippen LogP contribution in [0.1, 0.15) is 28.3 Å². The molecule has 0 fully saturated rings. The zero-order valence-corrected chi connectivity index (χ0v) is 12.4. The molecule has 21 heavy (non-hydrogen) atoms. The summed E-state index contributed by atoms with van der Waals surface area (Å²) in [4.78, 5) is 8.79. The molecule has 0 saturated carbocycles. The monoisotopic (exact) mass is 277 g/mol. The van der Waals surface area contributed by atoms with Crippen molar-refractivity contribution in [1.29, 1.82) is 0 Å². The number of rotatable bonds is 3. The Balaban J connectivity index is 1.97. The van der Waals surface area contributed by atoms with Crippen LogP contribution in [0.2, 0.25) is 0 Å². The molecule has 0 amide bonds. The summed E-state index contributed by atoms with van der Waals surface area (Å²) in [7, 11) is 0. The molecule has 0 aliphatic rings. The molecule has 106 valence electrons. The van der Waals surface area contributed by atoms with Crippen LogP contribution in [-0.2, 0) is 6.42 Å². The molecular weight excluding hydrogens is 258 g/mol. The van der Waals surface area contributed by atoms with Gasteiger partial charge in [-0.1, -0.05) is 35.9 Å². The highest BCUT2D eigenvalue weighted by molar-refractivity contribution is 5.78. The van der Waals surface area contributed by atoms with E-state index in [2.05, 4.69) is 42.0 Å². The van der Waals surface area contributed by atoms with Crippen LogP contribution in [0.15, 0.2) is 48.8 Å². The predicted molar refractivity (Wildman–Crippen MR) is 86.1 cm³/mol. The van der Waals surface area contributed by atoms with Crippen molar-refractivity contribution in [3.05, 3.63) is 71.0 Å².